The van der Waals surface area contributed by atoms with Crippen LogP contribution in [0.3, 0.4) is 0 Å². The average Bonchev–Trinajstić information content (AvgIpc) is 3.07. The van der Waals surface area contributed by atoms with E-state index in [0.717, 1.165) is 41.5 Å². The molecule has 0 bridgehead atoms. The Kier molecular flexibility index (Phi) is 5.64. The number of amides is 2. The molecule has 2 amide bonds. The number of benzene rings is 1. The molecule has 30 heavy (non-hydrogen) atoms. The maximum absolute atomic E-state index is 12.8. The first-order chi connectivity index (χ1) is 14.3. The van der Waals surface area contributed by atoms with Crippen molar-refractivity contribution in [3.8, 4) is 0 Å². The van der Waals surface area contributed by atoms with Crippen LogP contribution < -0.4 is 10.9 Å². The number of fused-ring (bicyclic) bond motifs is 1. The van der Waals surface area contributed by atoms with Crippen LogP contribution in [-0.2, 0) is 16.1 Å². The Morgan fingerprint density at radius 2 is 1.90 bits per heavy atom. The summed E-state index contributed by atoms with van der Waals surface area (Å²) in [4.78, 5) is 41.7. The second kappa shape index (κ2) is 8.22. The van der Waals surface area contributed by atoms with E-state index in [9.17, 15) is 14.4 Å². The number of rotatable bonds is 5. The molecule has 3 heterocycles. The largest absolute Gasteiger partial charge is 0.355 e. The zero-order chi connectivity index (χ0) is 21.4. The number of para-hydroxylation sites is 1. The molecule has 2 aromatic rings. The zero-order valence-corrected chi connectivity index (χ0v) is 18.0. The summed E-state index contributed by atoms with van der Waals surface area (Å²) in [5.74, 6) is 0.275. The molecule has 0 aliphatic carbocycles. The van der Waals surface area contributed by atoms with Crippen LogP contribution >= 0.6 is 0 Å². The number of aryl methyl sites for hydroxylation is 2. The van der Waals surface area contributed by atoms with Crippen LogP contribution in [0.5, 0.6) is 0 Å². The summed E-state index contributed by atoms with van der Waals surface area (Å²) >= 11 is 0. The molecular formula is C23H30N4O3. The van der Waals surface area contributed by atoms with Crippen molar-refractivity contribution in [2.75, 3.05) is 39.8 Å². The number of hydrogen-bond donors (Lipinski definition) is 1. The minimum Gasteiger partial charge on any atom is -0.355 e. The van der Waals surface area contributed by atoms with Gasteiger partial charge >= 0.3 is 0 Å². The topological polar surface area (TPSA) is 74.6 Å². The lowest BCUT2D eigenvalue weighted by Crippen LogP contribution is -2.57. The predicted molar refractivity (Wildman–Crippen MR) is 116 cm³/mol. The maximum Gasteiger partial charge on any atom is 0.251 e. The average molecular weight is 411 g/mol. The van der Waals surface area contributed by atoms with Gasteiger partial charge in [-0.25, -0.2) is 0 Å². The molecule has 2 aliphatic rings. The van der Waals surface area contributed by atoms with Crippen LogP contribution in [0.1, 0.15) is 17.5 Å². The normalized spacial score (nSPS) is 19.8. The van der Waals surface area contributed by atoms with Crippen molar-refractivity contribution in [2.24, 2.45) is 11.8 Å². The predicted octanol–water partition coefficient (Wildman–Crippen LogP) is 1.14. The Morgan fingerprint density at radius 3 is 2.60 bits per heavy atom. The molecule has 4 rings (SSSR count). The Bertz CT molecular complexity index is 1040. The number of carbonyl (C=O) groups excluding carboxylic acids is 2. The lowest BCUT2D eigenvalue weighted by molar-refractivity contribution is -0.143. The first kappa shape index (κ1) is 20.6. The van der Waals surface area contributed by atoms with Crippen molar-refractivity contribution in [1.82, 2.24) is 19.7 Å². The summed E-state index contributed by atoms with van der Waals surface area (Å²) in [7, 11) is 2.10. The molecule has 2 aliphatic heterocycles. The fraction of sp³-hybridized carbons (Fsp3) is 0.522. The monoisotopic (exact) mass is 410 g/mol. The highest BCUT2D eigenvalue weighted by Gasteiger charge is 2.36. The summed E-state index contributed by atoms with van der Waals surface area (Å²) in [5, 5.41) is 4.03. The first-order valence-electron chi connectivity index (χ1n) is 10.7. The van der Waals surface area contributed by atoms with Crippen LogP contribution in [0.4, 0.5) is 0 Å². The fourth-order valence-electron chi connectivity index (χ4n) is 4.61. The molecule has 0 saturated carbocycles. The molecule has 0 spiro atoms. The lowest BCUT2D eigenvalue weighted by atomic mass is 9.98. The number of hydrogen-bond acceptors (Lipinski definition) is 4. The third-order valence-electron chi connectivity index (χ3n) is 6.49. The summed E-state index contributed by atoms with van der Waals surface area (Å²) in [6.07, 6.45) is 1.12. The van der Waals surface area contributed by atoms with Crippen molar-refractivity contribution in [3.63, 3.8) is 0 Å². The van der Waals surface area contributed by atoms with E-state index >= 15 is 0 Å². The van der Waals surface area contributed by atoms with Gasteiger partial charge < -0.3 is 15.1 Å². The van der Waals surface area contributed by atoms with E-state index in [4.69, 9.17) is 0 Å². The van der Waals surface area contributed by atoms with E-state index in [1.54, 1.807) is 15.5 Å². The number of carbonyl (C=O) groups is 2. The van der Waals surface area contributed by atoms with E-state index < -0.39 is 0 Å². The van der Waals surface area contributed by atoms with Crippen molar-refractivity contribution in [1.29, 1.82) is 0 Å². The summed E-state index contributed by atoms with van der Waals surface area (Å²) in [6.45, 7) is 7.53. The van der Waals surface area contributed by atoms with E-state index in [1.807, 2.05) is 32.0 Å². The van der Waals surface area contributed by atoms with Gasteiger partial charge in [-0.15, -0.1) is 0 Å². The number of nitrogens with zero attached hydrogens (tertiary/aromatic N) is 3. The van der Waals surface area contributed by atoms with Crippen LogP contribution in [0, 0.1) is 25.7 Å². The van der Waals surface area contributed by atoms with Crippen LogP contribution in [-0.4, -0.2) is 66.0 Å². The smallest absolute Gasteiger partial charge is 0.251 e. The Morgan fingerprint density at radius 1 is 1.13 bits per heavy atom. The summed E-state index contributed by atoms with van der Waals surface area (Å²) < 4.78 is 1.56. The number of aromatic nitrogens is 1. The van der Waals surface area contributed by atoms with E-state index in [1.165, 1.54) is 0 Å². The van der Waals surface area contributed by atoms with Crippen LogP contribution in [0.25, 0.3) is 10.9 Å². The highest BCUT2D eigenvalue weighted by Crippen LogP contribution is 2.22. The quantitative estimate of drug-likeness (QED) is 0.802. The van der Waals surface area contributed by atoms with Gasteiger partial charge in [0.2, 0.25) is 11.8 Å². The number of pyridine rings is 1. The number of likely N-dealkylation sites (tertiary alicyclic amines) is 2. The molecule has 2 saturated heterocycles. The summed E-state index contributed by atoms with van der Waals surface area (Å²) in [6, 6.07) is 7.48. The standard InChI is InChI=1S/C23H30N4O3/c1-15-5-4-6-19-16(2)9-20(28)27(22(15)19)14-21(29)26-12-18(13-26)23(30)24-10-17-7-8-25(3)11-17/h4-6,9,17-18H,7-8,10-14H2,1-3H3,(H,24,30). The van der Waals surface area contributed by atoms with Crippen molar-refractivity contribution < 1.29 is 9.59 Å². The molecule has 1 atom stereocenters. The molecule has 160 valence electrons. The van der Waals surface area contributed by atoms with Crippen LogP contribution in [0.2, 0.25) is 0 Å². The van der Waals surface area contributed by atoms with Crippen molar-refractivity contribution in [2.45, 2.75) is 26.8 Å². The zero-order valence-electron chi connectivity index (χ0n) is 18.0. The van der Waals surface area contributed by atoms with Gasteiger partial charge in [-0.3, -0.25) is 19.0 Å². The molecule has 7 nitrogen and oxygen atoms in total. The van der Waals surface area contributed by atoms with Gasteiger partial charge in [0.25, 0.3) is 5.56 Å². The third kappa shape index (κ3) is 3.99. The molecule has 7 heteroatoms. The highest BCUT2D eigenvalue weighted by molar-refractivity contribution is 5.88. The van der Waals surface area contributed by atoms with E-state index in [2.05, 4.69) is 17.3 Å². The molecule has 1 N–H and O–H groups in total. The van der Waals surface area contributed by atoms with E-state index in [0.29, 0.717) is 25.6 Å². The van der Waals surface area contributed by atoms with E-state index in [-0.39, 0.29) is 29.8 Å². The highest BCUT2D eigenvalue weighted by atomic mass is 16.2. The van der Waals surface area contributed by atoms with Gasteiger partial charge in [0, 0.05) is 37.6 Å². The molecular weight excluding hydrogens is 380 g/mol. The molecule has 1 unspecified atom stereocenters. The van der Waals surface area contributed by atoms with Gasteiger partial charge in [-0.2, -0.15) is 0 Å². The molecule has 0 radical (unpaired) electrons. The lowest BCUT2D eigenvalue weighted by Gasteiger charge is -2.38. The fourth-order valence-corrected chi connectivity index (χ4v) is 4.61. The molecule has 1 aromatic carbocycles. The SMILES string of the molecule is Cc1cc(=O)n(CC(=O)N2CC(C(=O)NCC3CCN(C)C3)C2)c2c(C)cccc12. The number of nitrogens with one attached hydrogen (secondary N) is 1. The Balaban J connectivity index is 1.36. The van der Waals surface area contributed by atoms with Gasteiger partial charge in [0.1, 0.15) is 6.54 Å². The van der Waals surface area contributed by atoms with Crippen LogP contribution in [0.15, 0.2) is 29.1 Å². The minimum absolute atomic E-state index is 0.00319. The summed E-state index contributed by atoms with van der Waals surface area (Å²) in [5.41, 5.74) is 2.53. The Labute approximate surface area is 176 Å². The van der Waals surface area contributed by atoms with Gasteiger partial charge in [-0.1, -0.05) is 18.2 Å². The van der Waals surface area contributed by atoms with Crippen molar-refractivity contribution in [3.05, 3.63) is 45.7 Å². The third-order valence-corrected chi connectivity index (χ3v) is 6.49. The second-order valence-electron chi connectivity index (χ2n) is 8.88. The molecule has 2 fully saturated rings. The minimum atomic E-state index is -0.168. The van der Waals surface area contributed by atoms with Crippen molar-refractivity contribution >= 4 is 22.7 Å². The maximum atomic E-state index is 12.8. The first-order valence-corrected chi connectivity index (χ1v) is 10.7. The molecule has 1 aromatic heterocycles. The van der Waals surface area contributed by atoms with Gasteiger partial charge in [-0.05, 0) is 50.9 Å². The van der Waals surface area contributed by atoms with Gasteiger partial charge in [0.15, 0.2) is 0 Å². The second-order valence-corrected chi connectivity index (χ2v) is 8.88. The van der Waals surface area contributed by atoms with Gasteiger partial charge in [0.05, 0.1) is 11.4 Å². The Hall–Kier alpha value is -2.67.